The predicted molar refractivity (Wildman–Crippen MR) is 87.0 cm³/mol. The normalized spacial score (nSPS) is 23.0. The van der Waals surface area contributed by atoms with Crippen LogP contribution in [0.5, 0.6) is 0 Å². The minimum Gasteiger partial charge on any atom is -0.338 e. The lowest BCUT2D eigenvalue weighted by Gasteiger charge is -2.45. The van der Waals surface area contributed by atoms with Gasteiger partial charge in [0.2, 0.25) is 11.8 Å². The van der Waals surface area contributed by atoms with Gasteiger partial charge in [0.05, 0.1) is 13.1 Å². The Labute approximate surface area is 142 Å². The van der Waals surface area contributed by atoms with Crippen LogP contribution in [0, 0.1) is 13.8 Å². The van der Waals surface area contributed by atoms with Crippen molar-refractivity contribution < 1.29 is 9.05 Å². The van der Waals surface area contributed by atoms with E-state index in [0.717, 1.165) is 25.9 Å². The highest BCUT2D eigenvalue weighted by molar-refractivity contribution is 4.93. The number of aryl methyl sites for hydroxylation is 2. The van der Waals surface area contributed by atoms with Crippen LogP contribution in [-0.4, -0.2) is 55.3 Å². The summed E-state index contributed by atoms with van der Waals surface area (Å²) in [5.74, 6) is 2.77. The molecule has 0 amide bonds. The third-order valence-electron chi connectivity index (χ3n) is 4.68. The van der Waals surface area contributed by atoms with E-state index in [1.165, 1.54) is 0 Å². The second-order valence-corrected chi connectivity index (χ2v) is 6.45. The van der Waals surface area contributed by atoms with Gasteiger partial charge in [-0.2, -0.15) is 9.97 Å². The molecule has 0 saturated carbocycles. The van der Waals surface area contributed by atoms with Crippen LogP contribution < -0.4 is 0 Å². The summed E-state index contributed by atoms with van der Waals surface area (Å²) in [6, 6.07) is 0.896. The van der Waals surface area contributed by atoms with Crippen molar-refractivity contribution in [1.82, 2.24) is 30.1 Å². The fourth-order valence-electron chi connectivity index (χ4n) is 3.39. The molecule has 8 nitrogen and oxygen atoms in total. The summed E-state index contributed by atoms with van der Waals surface area (Å²) in [6.45, 7) is 11.5. The lowest BCUT2D eigenvalue weighted by molar-refractivity contribution is 0.00498. The highest BCUT2D eigenvalue weighted by Gasteiger charge is 2.33. The first kappa shape index (κ1) is 17.0. The predicted octanol–water partition coefficient (Wildman–Crippen LogP) is 1.94. The number of nitrogens with zero attached hydrogens (tertiary/aromatic N) is 6. The van der Waals surface area contributed by atoms with Gasteiger partial charge in [-0.05, 0) is 26.7 Å². The van der Waals surface area contributed by atoms with Gasteiger partial charge in [0, 0.05) is 25.2 Å². The van der Waals surface area contributed by atoms with Gasteiger partial charge in [0.25, 0.3) is 0 Å². The van der Waals surface area contributed by atoms with Gasteiger partial charge in [0.15, 0.2) is 11.6 Å². The molecule has 3 rings (SSSR count). The molecule has 3 heterocycles. The largest absolute Gasteiger partial charge is 0.338 e. The van der Waals surface area contributed by atoms with Crippen LogP contribution in [0.3, 0.4) is 0 Å². The first-order chi connectivity index (χ1) is 11.6. The summed E-state index contributed by atoms with van der Waals surface area (Å²) in [5, 5.41) is 7.79. The molecule has 1 aliphatic rings. The summed E-state index contributed by atoms with van der Waals surface area (Å²) in [5.41, 5.74) is 0. The van der Waals surface area contributed by atoms with E-state index < -0.39 is 0 Å². The van der Waals surface area contributed by atoms with E-state index in [1.54, 1.807) is 0 Å². The van der Waals surface area contributed by atoms with Gasteiger partial charge in [0.1, 0.15) is 0 Å². The van der Waals surface area contributed by atoms with E-state index in [-0.39, 0.29) is 0 Å². The molecule has 2 aromatic rings. The molecule has 1 aliphatic heterocycles. The molecule has 0 N–H and O–H groups in total. The summed E-state index contributed by atoms with van der Waals surface area (Å²) < 4.78 is 10.6. The third-order valence-corrected chi connectivity index (χ3v) is 4.68. The average molecular weight is 334 g/mol. The Hall–Kier alpha value is -1.80. The molecule has 24 heavy (non-hydrogen) atoms. The molecule has 1 saturated heterocycles. The number of rotatable bonds is 6. The molecule has 0 unspecified atom stereocenters. The molecule has 1 fully saturated rings. The standard InChI is InChI=1S/C16H26N6O2/c1-5-13-7-22(10-16-18-12(4)20-24-16)14(6-2)8-21(13)9-15-17-11(3)19-23-15/h13-14H,5-10H2,1-4H3/t13-,14+. The molecule has 0 spiro atoms. The zero-order valence-corrected chi connectivity index (χ0v) is 14.9. The second kappa shape index (κ2) is 7.40. The van der Waals surface area contributed by atoms with Crippen LogP contribution in [0.4, 0.5) is 0 Å². The topological polar surface area (TPSA) is 84.3 Å². The van der Waals surface area contributed by atoms with Crippen molar-refractivity contribution in [2.24, 2.45) is 0 Å². The SMILES string of the molecule is CC[C@@H]1CN(Cc2nc(C)no2)[C@@H](CC)CN1Cc1nc(C)no1. The lowest BCUT2D eigenvalue weighted by atomic mass is 10.0. The van der Waals surface area contributed by atoms with E-state index in [9.17, 15) is 0 Å². The Balaban J connectivity index is 1.69. The lowest BCUT2D eigenvalue weighted by Crippen LogP contribution is -2.57. The maximum atomic E-state index is 5.30. The van der Waals surface area contributed by atoms with Crippen LogP contribution in [-0.2, 0) is 13.1 Å². The van der Waals surface area contributed by atoms with Crippen LogP contribution in [0.2, 0.25) is 0 Å². The first-order valence-electron chi connectivity index (χ1n) is 8.65. The molecular formula is C16H26N6O2. The Morgan fingerprint density at radius 2 is 1.25 bits per heavy atom. The van der Waals surface area contributed by atoms with Crippen LogP contribution in [0.25, 0.3) is 0 Å². The highest BCUT2D eigenvalue weighted by Crippen LogP contribution is 2.23. The zero-order chi connectivity index (χ0) is 17.1. The van der Waals surface area contributed by atoms with Gasteiger partial charge >= 0.3 is 0 Å². The molecular weight excluding hydrogens is 308 g/mol. The minimum atomic E-state index is 0.448. The van der Waals surface area contributed by atoms with Crippen molar-refractivity contribution in [3.8, 4) is 0 Å². The maximum Gasteiger partial charge on any atom is 0.240 e. The first-order valence-corrected chi connectivity index (χ1v) is 8.65. The number of aromatic nitrogens is 4. The fraction of sp³-hybridized carbons (Fsp3) is 0.750. The van der Waals surface area contributed by atoms with Crippen molar-refractivity contribution in [2.45, 2.75) is 65.7 Å². The Kier molecular flexibility index (Phi) is 5.25. The van der Waals surface area contributed by atoms with Gasteiger partial charge in [-0.1, -0.05) is 24.2 Å². The Morgan fingerprint density at radius 1 is 0.833 bits per heavy atom. The summed E-state index contributed by atoms with van der Waals surface area (Å²) in [4.78, 5) is 13.6. The summed E-state index contributed by atoms with van der Waals surface area (Å²) >= 11 is 0. The van der Waals surface area contributed by atoms with Crippen LogP contribution in [0.1, 0.15) is 50.1 Å². The average Bonchev–Trinajstić information content (AvgIpc) is 3.16. The summed E-state index contributed by atoms with van der Waals surface area (Å²) in [7, 11) is 0. The number of hydrogen-bond donors (Lipinski definition) is 0. The Morgan fingerprint density at radius 3 is 1.54 bits per heavy atom. The quantitative estimate of drug-likeness (QED) is 0.792. The van der Waals surface area contributed by atoms with Crippen molar-refractivity contribution in [3.63, 3.8) is 0 Å². The smallest absolute Gasteiger partial charge is 0.240 e. The second-order valence-electron chi connectivity index (χ2n) is 6.45. The van der Waals surface area contributed by atoms with Crippen LogP contribution in [0.15, 0.2) is 9.05 Å². The molecule has 0 radical (unpaired) electrons. The van der Waals surface area contributed by atoms with E-state index in [2.05, 4.69) is 43.9 Å². The molecule has 0 bridgehead atoms. The van der Waals surface area contributed by atoms with Crippen molar-refractivity contribution >= 4 is 0 Å². The number of hydrogen-bond acceptors (Lipinski definition) is 8. The monoisotopic (exact) mass is 334 g/mol. The molecule has 8 heteroatoms. The minimum absolute atomic E-state index is 0.448. The van der Waals surface area contributed by atoms with Gasteiger partial charge in [-0.3, -0.25) is 9.80 Å². The van der Waals surface area contributed by atoms with Gasteiger partial charge in [-0.15, -0.1) is 0 Å². The highest BCUT2D eigenvalue weighted by atomic mass is 16.5. The number of piperazine rings is 1. The van der Waals surface area contributed by atoms with E-state index in [0.29, 0.717) is 48.6 Å². The maximum absolute atomic E-state index is 5.30. The molecule has 2 atom stereocenters. The molecule has 2 aromatic heterocycles. The Bertz CT molecular complexity index is 598. The van der Waals surface area contributed by atoms with Crippen molar-refractivity contribution in [2.75, 3.05) is 13.1 Å². The molecule has 0 aliphatic carbocycles. The van der Waals surface area contributed by atoms with Gasteiger partial charge in [-0.25, -0.2) is 0 Å². The van der Waals surface area contributed by atoms with Gasteiger partial charge < -0.3 is 9.05 Å². The van der Waals surface area contributed by atoms with E-state index in [4.69, 9.17) is 9.05 Å². The third kappa shape index (κ3) is 3.81. The molecule has 132 valence electrons. The van der Waals surface area contributed by atoms with Crippen molar-refractivity contribution in [1.29, 1.82) is 0 Å². The zero-order valence-electron chi connectivity index (χ0n) is 14.9. The molecule has 0 aromatic carbocycles. The van der Waals surface area contributed by atoms with E-state index >= 15 is 0 Å². The van der Waals surface area contributed by atoms with Crippen LogP contribution >= 0.6 is 0 Å². The van der Waals surface area contributed by atoms with Crippen molar-refractivity contribution in [3.05, 3.63) is 23.4 Å². The fourth-order valence-corrected chi connectivity index (χ4v) is 3.39. The summed E-state index contributed by atoms with van der Waals surface area (Å²) in [6.07, 6.45) is 2.14. The van der Waals surface area contributed by atoms with E-state index in [1.807, 2.05) is 13.8 Å².